The van der Waals surface area contributed by atoms with Crippen LogP contribution in [-0.4, -0.2) is 37.0 Å². The first kappa shape index (κ1) is 16.2. The molecule has 0 unspecified atom stereocenters. The Morgan fingerprint density at radius 3 is 2.56 bits per heavy atom. The number of aryl methyl sites for hydroxylation is 1. The van der Waals surface area contributed by atoms with Gasteiger partial charge in [0.25, 0.3) is 0 Å². The van der Waals surface area contributed by atoms with E-state index in [0.717, 1.165) is 36.3 Å². The highest BCUT2D eigenvalue weighted by Gasteiger charge is 2.31. The molecule has 2 aromatic rings. The first-order chi connectivity index (χ1) is 12.0. The van der Waals surface area contributed by atoms with E-state index >= 15 is 0 Å². The molecular formula is C17H17ClN6S. The molecule has 1 aromatic carbocycles. The van der Waals surface area contributed by atoms with Crippen molar-refractivity contribution in [3.05, 3.63) is 51.0 Å². The summed E-state index contributed by atoms with van der Waals surface area (Å²) in [5, 5.41) is 12.5. The zero-order valence-corrected chi connectivity index (χ0v) is 15.3. The van der Waals surface area contributed by atoms with Crippen LogP contribution in [0, 0.1) is 17.9 Å². The van der Waals surface area contributed by atoms with Crippen molar-refractivity contribution in [2.24, 2.45) is 5.11 Å². The Hall–Kier alpha value is -2.25. The number of anilines is 2. The minimum atomic E-state index is -0.0361. The topological polar surface area (TPSA) is 79.4 Å². The normalized spacial score (nSPS) is 16.6. The average Bonchev–Trinajstić information content (AvgIpc) is 3.29. The van der Waals surface area contributed by atoms with E-state index in [0.29, 0.717) is 4.88 Å². The standard InChI is InChI=1S/C17H17ClN6S/c1-10-2-3-13(18)4-14(10)23-6-11-8-24(9-12(11)7-23)17-21-5-15(25-17)16(19)22-20/h2-5,19-20H,6-9H2,1H3. The molecule has 0 atom stereocenters. The quantitative estimate of drug-likeness (QED) is 0.368. The molecule has 128 valence electrons. The van der Waals surface area contributed by atoms with Crippen LogP contribution < -0.4 is 9.80 Å². The van der Waals surface area contributed by atoms with Gasteiger partial charge in [-0.1, -0.05) is 29.0 Å². The van der Waals surface area contributed by atoms with Crippen LogP contribution in [0.1, 0.15) is 10.4 Å². The largest absolute Gasteiger partial charge is 0.363 e. The molecule has 0 fully saturated rings. The molecule has 1 aromatic heterocycles. The average molecular weight is 373 g/mol. The van der Waals surface area contributed by atoms with Crippen LogP contribution in [0.4, 0.5) is 10.8 Å². The van der Waals surface area contributed by atoms with E-state index in [4.69, 9.17) is 22.5 Å². The highest BCUT2D eigenvalue weighted by Crippen LogP contribution is 2.35. The van der Waals surface area contributed by atoms with Gasteiger partial charge in [0.05, 0.1) is 11.1 Å². The SMILES string of the molecule is Cc1ccc(Cl)cc1N1CC2=C(CN(c3ncc(C(=N)N=N)s3)C2)C1. The third-order valence-electron chi connectivity index (χ3n) is 4.65. The molecule has 0 spiro atoms. The number of rotatable bonds is 3. The van der Waals surface area contributed by atoms with Gasteiger partial charge in [-0.05, 0) is 35.8 Å². The first-order valence-electron chi connectivity index (χ1n) is 7.93. The summed E-state index contributed by atoms with van der Waals surface area (Å²) >= 11 is 7.59. The lowest BCUT2D eigenvalue weighted by Gasteiger charge is -2.25. The smallest absolute Gasteiger partial charge is 0.186 e. The number of nitrogens with one attached hydrogen (secondary N) is 2. The Labute approximate surface area is 154 Å². The van der Waals surface area contributed by atoms with E-state index in [-0.39, 0.29) is 5.84 Å². The van der Waals surface area contributed by atoms with E-state index in [1.54, 1.807) is 6.20 Å². The molecule has 0 aliphatic carbocycles. The van der Waals surface area contributed by atoms with Crippen LogP contribution in [0.5, 0.6) is 0 Å². The third-order valence-corrected chi connectivity index (χ3v) is 5.95. The van der Waals surface area contributed by atoms with Crippen molar-refractivity contribution in [3.63, 3.8) is 0 Å². The predicted molar refractivity (Wildman–Crippen MR) is 102 cm³/mol. The molecule has 6 nitrogen and oxygen atoms in total. The van der Waals surface area contributed by atoms with Crippen molar-refractivity contribution in [1.82, 2.24) is 4.98 Å². The van der Waals surface area contributed by atoms with Crippen LogP contribution in [0.15, 0.2) is 40.7 Å². The molecule has 2 aliphatic heterocycles. The first-order valence-corrected chi connectivity index (χ1v) is 9.12. The van der Waals surface area contributed by atoms with Gasteiger partial charge in [-0.2, -0.15) is 0 Å². The molecule has 25 heavy (non-hydrogen) atoms. The highest BCUT2D eigenvalue weighted by atomic mass is 35.5. The summed E-state index contributed by atoms with van der Waals surface area (Å²) in [6, 6.07) is 6.04. The summed E-state index contributed by atoms with van der Waals surface area (Å²) < 4.78 is 0. The summed E-state index contributed by atoms with van der Waals surface area (Å²) in [5.41, 5.74) is 12.3. The zero-order chi connectivity index (χ0) is 17.6. The number of halogens is 1. The fraction of sp³-hybridized carbons (Fsp3) is 0.294. The maximum atomic E-state index is 7.62. The number of nitrogens with zero attached hydrogens (tertiary/aromatic N) is 4. The summed E-state index contributed by atoms with van der Waals surface area (Å²) in [4.78, 5) is 9.65. The Balaban J connectivity index is 1.46. The monoisotopic (exact) mass is 372 g/mol. The molecule has 0 amide bonds. The minimum Gasteiger partial charge on any atom is -0.363 e. The Bertz CT molecular complexity index is 884. The minimum absolute atomic E-state index is 0.0361. The lowest BCUT2D eigenvalue weighted by Crippen LogP contribution is -2.30. The molecule has 8 heteroatoms. The fourth-order valence-corrected chi connectivity index (χ4v) is 4.36. The van der Waals surface area contributed by atoms with E-state index < -0.39 is 0 Å². The van der Waals surface area contributed by atoms with Crippen LogP contribution in [-0.2, 0) is 0 Å². The van der Waals surface area contributed by atoms with Crippen molar-refractivity contribution >= 4 is 39.6 Å². The van der Waals surface area contributed by atoms with Gasteiger partial charge in [-0.15, -0.1) is 5.11 Å². The fourth-order valence-electron chi connectivity index (χ4n) is 3.39. The predicted octanol–water partition coefficient (Wildman–Crippen LogP) is 4.10. The van der Waals surface area contributed by atoms with Gasteiger partial charge in [0, 0.05) is 36.9 Å². The van der Waals surface area contributed by atoms with E-state index in [9.17, 15) is 0 Å². The molecule has 0 saturated heterocycles. The summed E-state index contributed by atoms with van der Waals surface area (Å²) in [6.07, 6.45) is 1.63. The van der Waals surface area contributed by atoms with Crippen molar-refractivity contribution in [3.8, 4) is 0 Å². The van der Waals surface area contributed by atoms with Gasteiger partial charge in [-0.25, -0.2) is 10.5 Å². The van der Waals surface area contributed by atoms with E-state index in [2.05, 4.69) is 32.9 Å². The number of benzene rings is 1. The molecular weight excluding hydrogens is 356 g/mol. The second-order valence-electron chi connectivity index (χ2n) is 6.32. The number of amidine groups is 1. The summed E-state index contributed by atoms with van der Waals surface area (Å²) in [7, 11) is 0. The molecule has 2 N–H and O–H groups in total. The number of hydrogen-bond donors (Lipinski definition) is 2. The van der Waals surface area contributed by atoms with Crippen LogP contribution >= 0.6 is 22.9 Å². The highest BCUT2D eigenvalue weighted by molar-refractivity contribution is 7.17. The van der Waals surface area contributed by atoms with Crippen LogP contribution in [0.2, 0.25) is 5.02 Å². The van der Waals surface area contributed by atoms with Crippen molar-refractivity contribution < 1.29 is 0 Å². The number of aromatic nitrogens is 1. The van der Waals surface area contributed by atoms with Crippen molar-refractivity contribution in [2.75, 3.05) is 36.0 Å². The van der Waals surface area contributed by atoms with Gasteiger partial charge < -0.3 is 9.80 Å². The molecule has 0 radical (unpaired) electrons. The maximum Gasteiger partial charge on any atom is 0.186 e. The molecule has 3 heterocycles. The number of thiazole rings is 1. The van der Waals surface area contributed by atoms with E-state index in [1.807, 2.05) is 12.1 Å². The van der Waals surface area contributed by atoms with Gasteiger partial charge in [0.15, 0.2) is 11.0 Å². The Kier molecular flexibility index (Phi) is 4.05. The molecule has 4 rings (SSSR count). The second kappa shape index (κ2) is 6.24. The summed E-state index contributed by atoms with van der Waals surface area (Å²) in [5.74, 6) is -0.0361. The van der Waals surface area contributed by atoms with Crippen LogP contribution in [0.25, 0.3) is 0 Å². The van der Waals surface area contributed by atoms with Crippen molar-refractivity contribution in [2.45, 2.75) is 6.92 Å². The summed E-state index contributed by atoms with van der Waals surface area (Å²) in [6.45, 7) is 5.69. The van der Waals surface area contributed by atoms with Gasteiger partial charge >= 0.3 is 0 Å². The Morgan fingerprint density at radius 1 is 1.20 bits per heavy atom. The van der Waals surface area contributed by atoms with E-state index in [1.165, 1.54) is 33.7 Å². The lowest BCUT2D eigenvalue weighted by atomic mass is 10.2. The second-order valence-corrected chi connectivity index (χ2v) is 7.76. The zero-order valence-electron chi connectivity index (χ0n) is 13.7. The molecule has 0 saturated carbocycles. The lowest BCUT2D eigenvalue weighted by molar-refractivity contribution is 0.867. The van der Waals surface area contributed by atoms with Gasteiger partial charge in [-0.3, -0.25) is 5.41 Å². The molecule has 0 bridgehead atoms. The third kappa shape index (κ3) is 2.94. The maximum absolute atomic E-state index is 7.62. The molecule has 2 aliphatic rings. The van der Waals surface area contributed by atoms with Crippen molar-refractivity contribution in [1.29, 1.82) is 10.9 Å². The number of hydrogen-bond acceptors (Lipinski definition) is 6. The van der Waals surface area contributed by atoms with Crippen LogP contribution in [0.3, 0.4) is 0 Å². The van der Waals surface area contributed by atoms with Gasteiger partial charge in [0.2, 0.25) is 0 Å². The Morgan fingerprint density at radius 2 is 1.88 bits per heavy atom. The van der Waals surface area contributed by atoms with Gasteiger partial charge in [0.1, 0.15) is 0 Å².